The Morgan fingerprint density at radius 2 is 2.35 bits per heavy atom. The number of hydrogen-bond donors (Lipinski definition) is 1. The molecular formula is C12H11BrN2OS. The van der Waals surface area contributed by atoms with Gasteiger partial charge in [-0.2, -0.15) is 0 Å². The van der Waals surface area contributed by atoms with Crippen LogP contribution in [0.2, 0.25) is 0 Å². The molecule has 2 aromatic rings. The van der Waals surface area contributed by atoms with Gasteiger partial charge < -0.3 is 5.32 Å². The molecule has 2 rings (SSSR count). The van der Waals surface area contributed by atoms with E-state index in [1.165, 1.54) is 0 Å². The van der Waals surface area contributed by atoms with E-state index >= 15 is 0 Å². The molecule has 2 aromatic heterocycles. The Labute approximate surface area is 112 Å². The summed E-state index contributed by atoms with van der Waals surface area (Å²) in [5.41, 5.74) is 1.50. The van der Waals surface area contributed by atoms with Gasteiger partial charge >= 0.3 is 0 Å². The van der Waals surface area contributed by atoms with E-state index in [-0.39, 0.29) is 5.91 Å². The maximum atomic E-state index is 11.8. The van der Waals surface area contributed by atoms with Crippen LogP contribution in [-0.4, -0.2) is 10.9 Å². The Kier molecular flexibility index (Phi) is 3.91. The zero-order valence-electron chi connectivity index (χ0n) is 9.24. The summed E-state index contributed by atoms with van der Waals surface area (Å²) in [4.78, 5) is 17.0. The van der Waals surface area contributed by atoms with E-state index in [1.54, 1.807) is 23.6 Å². The van der Waals surface area contributed by atoms with Crippen LogP contribution in [0.4, 0.5) is 0 Å². The maximum absolute atomic E-state index is 11.8. The second-order valence-electron chi connectivity index (χ2n) is 3.60. The van der Waals surface area contributed by atoms with Gasteiger partial charge in [-0.05, 0) is 41.1 Å². The van der Waals surface area contributed by atoms with Crippen molar-refractivity contribution >= 4 is 33.2 Å². The molecule has 0 saturated carbocycles. The van der Waals surface area contributed by atoms with Crippen LogP contribution in [0.15, 0.2) is 34.2 Å². The molecule has 5 heteroatoms. The smallest absolute Gasteiger partial charge is 0.253 e. The first-order valence-corrected chi connectivity index (χ1v) is 6.76. The molecule has 1 N–H and O–H groups in total. The Bertz CT molecular complexity index is 522. The minimum atomic E-state index is -0.0953. The predicted octanol–water partition coefficient (Wildman–Crippen LogP) is 3.14. The summed E-state index contributed by atoms with van der Waals surface area (Å²) in [5, 5.41) is 4.85. The van der Waals surface area contributed by atoms with Gasteiger partial charge in [0.1, 0.15) is 0 Å². The van der Waals surface area contributed by atoms with Crippen molar-refractivity contribution in [2.45, 2.75) is 13.5 Å². The zero-order valence-corrected chi connectivity index (χ0v) is 11.6. The van der Waals surface area contributed by atoms with E-state index in [9.17, 15) is 4.79 Å². The van der Waals surface area contributed by atoms with Gasteiger partial charge in [0, 0.05) is 26.6 Å². The van der Waals surface area contributed by atoms with Crippen molar-refractivity contribution in [1.29, 1.82) is 0 Å². The molecule has 3 nitrogen and oxygen atoms in total. The topological polar surface area (TPSA) is 42.0 Å². The number of pyridine rings is 1. The van der Waals surface area contributed by atoms with Crippen LogP contribution >= 0.6 is 27.3 Å². The highest BCUT2D eigenvalue weighted by molar-refractivity contribution is 9.10. The lowest BCUT2D eigenvalue weighted by Crippen LogP contribution is -2.22. The number of aryl methyl sites for hydroxylation is 1. The molecule has 0 aliphatic heterocycles. The van der Waals surface area contributed by atoms with Gasteiger partial charge in [-0.1, -0.05) is 0 Å². The van der Waals surface area contributed by atoms with E-state index in [1.807, 2.05) is 24.4 Å². The van der Waals surface area contributed by atoms with Gasteiger partial charge in [0.15, 0.2) is 0 Å². The first-order chi connectivity index (χ1) is 8.15. The van der Waals surface area contributed by atoms with E-state index in [4.69, 9.17) is 0 Å². The molecule has 88 valence electrons. The highest BCUT2D eigenvalue weighted by Crippen LogP contribution is 2.19. The summed E-state index contributed by atoms with van der Waals surface area (Å²) < 4.78 is 1.05. The lowest BCUT2D eigenvalue weighted by Gasteiger charge is -2.03. The highest BCUT2D eigenvalue weighted by Gasteiger charge is 2.06. The van der Waals surface area contributed by atoms with Gasteiger partial charge in [-0.3, -0.25) is 9.78 Å². The van der Waals surface area contributed by atoms with Crippen LogP contribution in [0.5, 0.6) is 0 Å². The highest BCUT2D eigenvalue weighted by atomic mass is 79.9. The van der Waals surface area contributed by atoms with Crippen molar-refractivity contribution in [1.82, 2.24) is 10.3 Å². The number of rotatable bonds is 3. The molecule has 0 bridgehead atoms. The molecule has 0 spiro atoms. The molecule has 0 aromatic carbocycles. The molecule has 0 unspecified atom stereocenters. The number of halogens is 1. The molecule has 2 heterocycles. The molecule has 0 aliphatic carbocycles. The number of amides is 1. The third-order valence-corrected chi connectivity index (χ3v) is 3.92. The van der Waals surface area contributed by atoms with Gasteiger partial charge in [0.25, 0.3) is 5.91 Å². The molecule has 0 radical (unpaired) electrons. The summed E-state index contributed by atoms with van der Waals surface area (Å²) in [7, 11) is 0. The quantitative estimate of drug-likeness (QED) is 0.946. The van der Waals surface area contributed by atoms with E-state index in [0.717, 1.165) is 15.0 Å². The van der Waals surface area contributed by atoms with Crippen LogP contribution in [0, 0.1) is 6.92 Å². The molecule has 0 aliphatic rings. The number of nitrogens with zero attached hydrogens (tertiary/aromatic N) is 1. The lowest BCUT2D eigenvalue weighted by atomic mass is 10.2. The number of hydrogen-bond acceptors (Lipinski definition) is 3. The Balaban J connectivity index is 1.95. The third kappa shape index (κ3) is 3.38. The zero-order chi connectivity index (χ0) is 12.3. The average Bonchev–Trinajstić information content (AvgIpc) is 2.73. The predicted molar refractivity (Wildman–Crippen MR) is 72.2 cm³/mol. The Hall–Kier alpha value is -1.20. The summed E-state index contributed by atoms with van der Waals surface area (Å²) in [6.45, 7) is 2.44. The van der Waals surface area contributed by atoms with E-state index in [0.29, 0.717) is 12.1 Å². The van der Waals surface area contributed by atoms with Crippen molar-refractivity contribution in [2.75, 3.05) is 0 Å². The van der Waals surface area contributed by atoms with Crippen LogP contribution in [0.1, 0.15) is 20.9 Å². The normalized spacial score (nSPS) is 10.2. The largest absolute Gasteiger partial charge is 0.347 e. The van der Waals surface area contributed by atoms with Crippen molar-refractivity contribution < 1.29 is 4.79 Å². The minimum Gasteiger partial charge on any atom is -0.347 e. The Morgan fingerprint density at radius 3 is 2.94 bits per heavy atom. The van der Waals surface area contributed by atoms with Gasteiger partial charge in [-0.25, -0.2) is 0 Å². The van der Waals surface area contributed by atoms with Gasteiger partial charge in [0.05, 0.1) is 12.1 Å². The fraction of sp³-hybridized carbons (Fsp3) is 0.167. The molecule has 0 saturated heterocycles. The first-order valence-electron chi connectivity index (χ1n) is 5.09. The van der Waals surface area contributed by atoms with Crippen LogP contribution in [0.3, 0.4) is 0 Å². The number of carbonyl (C=O) groups excluding carboxylic acids is 1. The van der Waals surface area contributed by atoms with Gasteiger partial charge in [0.2, 0.25) is 0 Å². The second-order valence-corrected chi connectivity index (χ2v) is 5.51. The van der Waals surface area contributed by atoms with Gasteiger partial charge in [-0.15, -0.1) is 11.3 Å². The van der Waals surface area contributed by atoms with Crippen LogP contribution in [0.25, 0.3) is 0 Å². The Morgan fingerprint density at radius 1 is 1.53 bits per heavy atom. The lowest BCUT2D eigenvalue weighted by molar-refractivity contribution is 0.0951. The third-order valence-electron chi connectivity index (χ3n) is 2.22. The second kappa shape index (κ2) is 5.42. The van der Waals surface area contributed by atoms with Crippen molar-refractivity contribution in [3.63, 3.8) is 0 Å². The van der Waals surface area contributed by atoms with Crippen molar-refractivity contribution in [2.24, 2.45) is 0 Å². The monoisotopic (exact) mass is 310 g/mol. The number of aromatic nitrogens is 1. The molecular weight excluding hydrogens is 300 g/mol. The number of thiophene rings is 1. The van der Waals surface area contributed by atoms with E-state index < -0.39 is 0 Å². The molecule has 0 fully saturated rings. The van der Waals surface area contributed by atoms with Crippen molar-refractivity contribution in [3.8, 4) is 0 Å². The molecule has 17 heavy (non-hydrogen) atoms. The first kappa shape index (κ1) is 12.3. The number of carbonyl (C=O) groups is 1. The summed E-state index contributed by atoms with van der Waals surface area (Å²) in [5.74, 6) is -0.0953. The van der Waals surface area contributed by atoms with Crippen LogP contribution in [-0.2, 0) is 6.54 Å². The standard InChI is InChI=1S/C12H11BrN2OS/c1-8-2-3-9(5-14-8)12(16)15-6-11-4-10(13)7-17-11/h2-5,7H,6H2,1H3,(H,15,16). The number of nitrogens with one attached hydrogen (secondary N) is 1. The molecule has 1 amide bonds. The minimum absolute atomic E-state index is 0.0953. The SMILES string of the molecule is Cc1ccc(C(=O)NCc2cc(Br)cs2)cn1. The van der Waals surface area contributed by atoms with E-state index in [2.05, 4.69) is 26.2 Å². The maximum Gasteiger partial charge on any atom is 0.253 e. The fourth-order valence-electron chi connectivity index (χ4n) is 1.32. The summed E-state index contributed by atoms with van der Waals surface area (Å²) >= 11 is 4.99. The van der Waals surface area contributed by atoms with Crippen LogP contribution < -0.4 is 5.32 Å². The summed E-state index contributed by atoms with van der Waals surface area (Å²) in [6.07, 6.45) is 1.59. The fourth-order valence-corrected chi connectivity index (χ4v) is 2.71. The van der Waals surface area contributed by atoms with Crippen molar-refractivity contribution in [3.05, 3.63) is 50.4 Å². The summed E-state index contributed by atoms with van der Waals surface area (Å²) in [6, 6.07) is 5.61. The molecule has 0 atom stereocenters. The average molecular weight is 311 g/mol.